The number of nitrogens with one attached hydrogen (secondary N) is 1. The average molecular weight is 202 g/mol. The van der Waals surface area contributed by atoms with Crippen LogP contribution in [0.5, 0.6) is 0 Å². The first kappa shape index (κ1) is 9.77. The minimum Gasteiger partial charge on any atom is -0.296 e. The Morgan fingerprint density at radius 1 is 1.40 bits per heavy atom. The topological polar surface area (TPSA) is 32.3 Å². The van der Waals surface area contributed by atoms with Gasteiger partial charge in [-0.2, -0.15) is 0 Å². The first-order valence-electron chi connectivity index (χ1n) is 4.92. The van der Waals surface area contributed by atoms with Crippen molar-refractivity contribution in [3.05, 3.63) is 41.6 Å². The molecule has 1 aliphatic rings. The van der Waals surface area contributed by atoms with E-state index >= 15 is 0 Å². The van der Waals surface area contributed by atoms with Crippen molar-refractivity contribution < 1.29 is 4.79 Å². The Morgan fingerprint density at radius 2 is 2.13 bits per heavy atom. The van der Waals surface area contributed by atoms with E-state index < -0.39 is 0 Å². The van der Waals surface area contributed by atoms with Gasteiger partial charge in [-0.3, -0.25) is 10.2 Å². The first-order valence-corrected chi connectivity index (χ1v) is 4.92. The number of carbonyl (C=O) groups is 1. The molecule has 1 aliphatic heterocycles. The van der Waals surface area contributed by atoms with Crippen LogP contribution < -0.4 is 10.4 Å². The summed E-state index contributed by atoms with van der Waals surface area (Å²) < 4.78 is 0. The van der Waals surface area contributed by atoms with E-state index in [1.54, 1.807) is 5.01 Å². The molecule has 2 rings (SSSR count). The van der Waals surface area contributed by atoms with E-state index in [-0.39, 0.29) is 5.91 Å². The molecule has 0 radical (unpaired) electrons. The molecule has 0 aliphatic carbocycles. The zero-order valence-corrected chi connectivity index (χ0v) is 9.00. The Hall–Kier alpha value is -1.77. The van der Waals surface area contributed by atoms with Crippen LogP contribution in [0.3, 0.4) is 0 Å². The molecule has 1 saturated heterocycles. The molecule has 0 saturated carbocycles. The van der Waals surface area contributed by atoms with Crippen molar-refractivity contribution in [1.29, 1.82) is 0 Å². The number of nitrogens with zero attached hydrogens (tertiary/aromatic N) is 1. The summed E-state index contributed by atoms with van der Waals surface area (Å²) in [5.74, 6) is 0.0497. The molecule has 0 spiro atoms. The quantitative estimate of drug-likeness (QED) is 0.756. The number of aryl methyl sites for hydroxylation is 2. The summed E-state index contributed by atoms with van der Waals surface area (Å²) in [6.07, 6.45) is 0.382. The van der Waals surface area contributed by atoms with Gasteiger partial charge in [0.25, 0.3) is 5.91 Å². The number of amides is 1. The Kier molecular flexibility index (Phi) is 2.23. The van der Waals surface area contributed by atoms with Crippen LogP contribution in [0, 0.1) is 13.8 Å². The lowest BCUT2D eigenvalue weighted by molar-refractivity contribution is -0.117. The van der Waals surface area contributed by atoms with Crippen molar-refractivity contribution in [2.24, 2.45) is 0 Å². The highest BCUT2D eigenvalue weighted by Crippen LogP contribution is 2.24. The molecule has 0 bridgehead atoms. The standard InChI is InChI=1S/C12H14N2O/c1-8-4-5-9(2)11(6-8)14-12(15)7-10(3)13-14/h4-6,13H,3,7H2,1-2H3. The van der Waals surface area contributed by atoms with Gasteiger partial charge >= 0.3 is 0 Å². The van der Waals surface area contributed by atoms with Gasteiger partial charge in [-0.25, -0.2) is 5.01 Å². The van der Waals surface area contributed by atoms with Gasteiger partial charge in [-0.15, -0.1) is 0 Å². The summed E-state index contributed by atoms with van der Waals surface area (Å²) in [7, 11) is 0. The normalized spacial score (nSPS) is 15.7. The Balaban J connectivity index is 2.41. The Bertz CT molecular complexity index is 437. The van der Waals surface area contributed by atoms with Crippen molar-refractivity contribution in [3.8, 4) is 0 Å². The van der Waals surface area contributed by atoms with E-state index in [4.69, 9.17) is 0 Å². The Morgan fingerprint density at radius 3 is 2.73 bits per heavy atom. The molecule has 15 heavy (non-hydrogen) atoms. The first-order chi connectivity index (χ1) is 7.08. The van der Waals surface area contributed by atoms with Gasteiger partial charge in [0.15, 0.2) is 0 Å². The van der Waals surface area contributed by atoms with E-state index in [1.807, 2.05) is 32.0 Å². The molecular weight excluding hydrogens is 188 g/mol. The molecular formula is C12H14N2O. The number of carbonyl (C=O) groups excluding carboxylic acids is 1. The van der Waals surface area contributed by atoms with Crippen LogP contribution in [-0.2, 0) is 4.79 Å². The maximum Gasteiger partial charge on any atom is 0.251 e. The molecule has 0 aromatic heterocycles. The SMILES string of the molecule is C=C1CC(=O)N(c2cc(C)ccc2C)N1. The molecule has 78 valence electrons. The number of anilines is 1. The van der Waals surface area contributed by atoms with Gasteiger partial charge in [0.1, 0.15) is 0 Å². The third kappa shape index (κ3) is 1.73. The van der Waals surface area contributed by atoms with Crippen LogP contribution in [0.4, 0.5) is 5.69 Å². The summed E-state index contributed by atoms with van der Waals surface area (Å²) in [5.41, 5.74) is 6.86. The van der Waals surface area contributed by atoms with Gasteiger partial charge in [0.05, 0.1) is 12.1 Å². The fraction of sp³-hybridized carbons (Fsp3) is 0.250. The monoisotopic (exact) mass is 202 g/mol. The van der Waals surface area contributed by atoms with E-state index in [9.17, 15) is 4.79 Å². The lowest BCUT2D eigenvalue weighted by Gasteiger charge is -2.19. The lowest BCUT2D eigenvalue weighted by atomic mass is 10.1. The minimum absolute atomic E-state index is 0.0497. The van der Waals surface area contributed by atoms with Gasteiger partial charge in [-0.1, -0.05) is 18.7 Å². The zero-order chi connectivity index (χ0) is 11.0. The number of rotatable bonds is 1. The molecule has 0 atom stereocenters. The van der Waals surface area contributed by atoms with E-state index in [1.165, 1.54) is 0 Å². The molecule has 1 aromatic carbocycles. The maximum absolute atomic E-state index is 11.7. The van der Waals surface area contributed by atoms with Crippen molar-refractivity contribution in [1.82, 2.24) is 5.43 Å². The number of hydrazine groups is 1. The second-order valence-electron chi connectivity index (χ2n) is 3.91. The molecule has 3 heteroatoms. The average Bonchev–Trinajstić information content (AvgIpc) is 2.50. The number of benzene rings is 1. The van der Waals surface area contributed by atoms with Crippen LogP contribution >= 0.6 is 0 Å². The fourth-order valence-corrected chi connectivity index (χ4v) is 1.68. The van der Waals surface area contributed by atoms with Crippen LogP contribution in [0.2, 0.25) is 0 Å². The molecule has 1 amide bonds. The third-order valence-electron chi connectivity index (χ3n) is 2.49. The predicted octanol–water partition coefficient (Wildman–Crippen LogP) is 2.06. The van der Waals surface area contributed by atoms with Crippen LogP contribution in [0.25, 0.3) is 0 Å². The third-order valence-corrected chi connectivity index (χ3v) is 2.49. The van der Waals surface area contributed by atoms with Crippen molar-refractivity contribution in [2.45, 2.75) is 20.3 Å². The van der Waals surface area contributed by atoms with Gasteiger partial charge < -0.3 is 0 Å². The second kappa shape index (κ2) is 3.42. The van der Waals surface area contributed by atoms with Crippen LogP contribution in [0.1, 0.15) is 17.5 Å². The molecule has 0 unspecified atom stereocenters. The van der Waals surface area contributed by atoms with Crippen molar-refractivity contribution >= 4 is 11.6 Å². The lowest BCUT2D eigenvalue weighted by Crippen LogP contribution is -2.34. The number of hydrogen-bond acceptors (Lipinski definition) is 2. The zero-order valence-electron chi connectivity index (χ0n) is 9.00. The summed E-state index contributed by atoms with van der Waals surface area (Å²) >= 11 is 0. The minimum atomic E-state index is 0.0497. The van der Waals surface area contributed by atoms with E-state index in [2.05, 4.69) is 12.0 Å². The summed E-state index contributed by atoms with van der Waals surface area (Å²) in [4.78, 5) is 11.7. The van der Waals surface area contributed by atoms with E-state index in [0.717, 1.165) is 22.5 Å². The van der Waals surface area contributed by atoms with Gasteiger partial charge in [-0.05, 0) is 31.0 Å². The predicted molar refractivity (Wildman–Crippen MR) is 60.3 cm³/mol. The molecule has 1 N–H and O–H groups in total. The van der Waals surface area contributed by atoms with Gasteiger partial charge in [0, 0.05) is 5.70 Å². The molecule has 3 nitrogen and oxygen atoms in total. The van der Waals surface area contributed by atoms with Crippen LogP contribution in [0.15, 0.2) is 30.5 Å². The van der Waals surface area contributed by atoms with E-state index in [0.29, 0.717) is 6.42 Å². The summed E-state index contributed by atoms with van der Waals surface area (Å²) in [6, 6.07) is 6.05. The smallest absolute Gasteiger partial charge is 0.251 e. The highest BCUT2D eigenvalue weighted by molar-refractivity contribution is 5.97. The van der Waals surface area contributed by atoms with Crippen LogP contribution in [-0.4, -0.2) is 5.91 Å². The largest absolute Gasteiger partial charge is 0.296 e. The van der Waals surface area contributed by atoms with Crippen molar-refractivity contribution in [2.75, 3.05) is 5.01 Å². The second-order valence-corrected chi connectivity index (χ2v) is 3.91. The Labute approximate surface area is 89.4 Å². The molecule has 1 heterocycles. The fourth-order valence-electron chi connectivity index (χ4n) is 1.68. The molecule has 1 aromatic rings. The summed E-state index contributed by atoms with van der Waals surface area (Å²) in [5, 5.41) is 1.57. The highest BCUT2D eigenvalue weighted by atomic mass is 16.2. The van der Waals surface area contributed by atoms with Crippen molar-refractivity contribution in [3.63, 3.8) is 0 Å². The van der Waals surface area contributed by atoms with Gasteiger partial charge in [0.2, 0.25) is 0 Å². The molecule has 1 fully saturated rings. The number of hydrogen-bond donors (Lipinski definition) is 1. The highest BCUT2D eigenvalue weighted by Gasteiger charge is 2.25. The summed E-state index contributed by atoms with van der Waals surface area (Å²) in [6.45, 7) is 7.76. The maximum atomic E-state index is 11.7.